The fourth-order valence-corrected chi connectivity index (χ4v) is 4.90. The third-order valence-electron chi connectivity index (χ3n) is 6.04. The Morgan fingerprint density at radius 3 is 2.19 bits per heavy atom. The zero-order valence-electron chi connectivity index (χ0n) is 17.8. The van der Waals surface area contributed by atoms with E-state index in [2.05, 4.69) is 27.2 Å². The van der Waals surface area contributed by atoms with Crippen LogP contribution in [-0.2, 0) is 0 Å². The first-order valence-electron chi connectivity index (χ1n) is 11.0. The van der Waals surface area contributed by atoms with Crippen LogP contribution in [0.25, 0.3) is 11.4 Å². The molecule has 0 unspecified atom stereocenters. The number of anilines is 1. The maximum absolute atomic E-state index is 12.8. The monoisotopic (exact) mass is 451 g/mol. The Hall–Kier alpha value is -3.20. The first-order chi connectivity index (χ1) is 15.7. The molecule has 0 aliphatic carbocycles. The number of hydrogen-bond donors (Lipinski definition) is 0. The van der Waals surface area contributed by atoms with Crippen molar-refractivity contribution in [3.8, 4) is 11.4 Å². The Morgan fingerprint density at radius 1 is 0.844 bits per heavy atom. The van der Waals surface area contributed by atoms with Gasteiger partial charge in [-0.25, -0.2) is 0 Å². The number of benzene rings is 1. The molecule has 0 bridgehead atoms. The maximum atomic E-state index is 12.8. The van der Waals surface area contributed by atoms with E-state index >= 15 is 0 Å². The predicted molar refractivity (Wildman–Crippen MR) is 122 cm³/mol. The lowest BCUT2D eigenvalue weighted by molar-refractivity contribution is 0.0510. The smallest absolute Gasteiger partial charge is 0.316 e. The van der Waals surface area contributed by atoms with Gasteiger partial charge >= 0.3 is 11.8 Å². The lowest BCUT2D eigenvalue weighted by atomic mass is 10.1. The molecule has 9 heteroatoms. The zero-order valence-corrected chi connectivity index (χ0v) is 18.6. The van der Waals surface area contributed by atoms with E-state index in [0.717, 1.165) is 23.5 Å². The lowest BCUT2D eigenvalue weighted by Crippen LogP contribution is -2.50. The predicted octanol–water partition coefficient (Wildman–Crippen LogP) is 3.39. The SMILES string of the molecule is O=C(c1nc(-c2ccc(N3CCCCC3)cc2)no1)N1CCN(C(=O)c2cccs2)CC1. The molecular formula is C23H25N5O3S. The Kier molecular flexibility index (Phi) is 5.89. The van der Waals surface area contributed by atoms with E-state index in [4.69, 9.17) is 4.52 Å². The molecule has 4 heterocycles. The molecule has 1 aromatic carbocycles. The molecule has 8 nitrogen and oxygen atoms in total. The molecule has 166 valence electrons. The van der Waals surface area contributed by atoms with Crippen molar-refractivity contribution in [1.82, 2.24) is 19.9 Å². The van der Waals surface area contributed by atoms with Gasteiger partial charge in [0.05, 0.1) is 4.88 Å². The summed E-state index contributed by atoms with van der Waals surface area (Å²) in [5.74, 6) is 0.111. The summed E-state index contributed by atoms with van der Waals surface area (Å²) >= 11 is 1.43. The fraction of sp³-hybridized carbons (Fsp3) is 0.391. The van der Waals surface area contributed by atoms with Crippen LogP contribution in [0.4, 0.5) is 5.69 Å². The molecule has 2 fully saturated rings. The topological polar surface area (TPSA) is 82.8 Å². The number of piperazine rings is 1. The van der Waals surface area contributed by atoms with Crippen LogP contribution in [0.1, 0.15) is 39.6 Å². The van der Waals surface area contributed by atoms with Crippen LogP contribution < -0.4 is 4.90 Å². The number of nitrogens with zero attached hydrogens (tertiary/aromatic N) is 5. The summed E-state index contributed by atoms with van der Waals surface area (Å²) in [7, 11) is 0. The molecule has 3 aromatic rings. The number of hydrogen-bond acceptors (Lipinski definition) is 7. The Labute approximate surface area is 190 Å². The molecule has 2 saturated heterocycles. The second-order valence-corrected chi connectivity index (χ2v) is 9.03. The molecule has 0 atom stereocenters. The van der Waals surface area contributed by atoms with E-state index in [0.29, 0.717) is 32.0 Å². The molecular weight excluding hydrogens is 426 g/mol. The average molecular weight is 452 g/mol. The van der Waals surface area contributed by atoms with Gasteiger partial charge < -0.3 is 19.2 Å². The molecule has 2 aliphatic rings. The van der Waals surface area contributed by atoms with Crippen LogP contribution in [0.2, 0.25) is 0 Å². The number of carbonyl (C=O) groups excluding carboxylic acids is 2. The van der Waals surface area contributed by atoms with Crippen LogP contribution in [0.5, 0.6) is 0 Å². The number of piperidine rings is 1. The summed E-state index contributed by atoms with van der Waals surface area (Å²) in [6, 6.07) is 11.8. The number of aromatic nitrogens is 2. The Balaban J connectivity index is 1.20. The third kappa shape index (κ3) is 4.25. The summed E-state index contributed by atoms with van der Waals surface area (Å²) in [5, 5.41) is 5.90. The number of thiophene rings is 1. The van der Waals surface area contributed by atoms with Crippen LogP contribution in [0, 0.1) is 0 Å². The minimum atomic E-state index is -0.295. The van der Waals surface area contributed by atoms with E-state index in [-0.39, 0.29) is 17.7 Å². The standard InChI is InChI=1S/C23H25N5O3S/c29-22(19-5-4-16-32-19)27-12-14-28(15-13-27)23(30)21-24-20(25-31-21)17-6-8-18(9-7-17)26-10-2-1-3-11-26/h4-9,16H,1-3,10-15H2. The van der Waals surface area contributed by atoms with E-state index in [1.807, 2.05) is 29.6 Å². The van der Waals surface area contributed by atoms with Gasteiger partial charge in [0.25, 0.3) is 5.91 Å². The minimum Gasteiger partial charge on any atom is -0.372 e. The van der Waals surface area contributed by atoms with Gasteiger partial charge in [-0.05, 0) is 55.0 Å². The molecule has 32 heavy (non-hydrogen) atoms. The molecule has 2 amide bonds. The molecule has 0 N–H and O–H groups in total. The van der Waals surface area contributed by atoms with Crippen molar-refractivity contribution in [2.24, 2.45) is 0 Å². The summed E-state index contributed by atoms with van der Waals surface area (Å²) in [6.45, 7) is 4.04. The van der Waals surface area contributed by atoms with E-state index in [9.17, 15) is 9.59 Å². The highest BCUT2D eigenvalue weighted by Gasteiger charge is 2.29. The summed E-state index contributed by atoms with van der Waals surface area (Å²) < 4.78 is 5.27. The van der Waals surface area contributed by atoms with E-state index in [1.165, 1.54) is 36.3 Å². The lowest BCUT2D eigenvalue weighted by Gasteiger charge is -2.33. The van der Waals surface area contributed by atoms with Crippen LogP contribution in [-0.4, -0.2) is 71.0 Å². The van der Waals surface area contributed by atoms with Crippen molar-refractivity contribution in [2.45, 2.75) is 19.3 Å². The van der Waals surface area contributed by atoms with E-state index in [1.54, 1.807) is 9.80 Å². The van der Waals surface area contributed by atoms with Gasteiger partial charge in [-0.1, -0.05) is 11.2 Å². The van der Waals surface area contributed by atoms with Crippen molar-refractivity contribution in [2.75, 3.05) is 44.2 Å². The van der Waals surface area contributed by atoms with Crippen molar-refractivity contribution in [3.05, 3.63) is 52.5 Å². The highest BCUT2D eigenvalue weighted by Crippen LogP contribution is 2.24. The summed E-state index contributed by atoms with van der Waals surface area (Å²) in [6.07, 6.45) is 3.76. The van der Waals surface area contributed by atoms with Gasteiger partial charge in [-0.3, -0.25) is 9.59 Å². The highest BCUT2D eigenvalue weighted by atomic mass is 32.1. The van der Waals surface area contributed by atoms with Crippen molar-refractivity contribution >= 4 is 28.8 Å². The van der Waals surface area contributed by atoms with Gasteiger partial charge in [0.15, 0.2) is 0 Å². The maximum Gasteiger partial charge on any atom is 0.316 e. The largest absolute Gasteiger partial charge is 0.372 e. The van der Waals surface area contributed by atoms with Crippen molar-refractivity contribution < 1.29 is 14.1 Å². The molecule has 2 aromatic heterocycles. The quantitative estimate of drug-likeness (QED) is 0.605. The Bertz CT molecular complexity index is 1070. The number of rotatable bonds is 4. The third-order valence-corrected chi connectivity index (χ3v) is 6.90. The van der Waals surface area contributed by atoms with Crippen molar-refractivity contribution in [1.29, 1.82) is 0 Å². The van der Waals surface area contributed by atoms with Gasteiger partial charge in [0.2, 0.25) is 5.82 Å². The second-order valence-electron chi connectivity index (χ2n) is 8.08. The number of amides is 2. The first kappa shape index (κ1) is 20.7. The summed E-state index contributed by atoms with van der Waals surface area (Å²) in [5.41, 5.74) is 2.02. The van der Waals surface area contributed by atoms with Gasteiger partial charge in [0, 0.05) is 50.5 Å². The zero-order chi connectivity index (χ0) is 21.9. The van der Waals surface area contributed by atoms with Crippen LogP contribution >= 0.6 is 11.3 Å². The first-order valence-corrected chi connectivity index (χ1v) is 11.9. The van der Waals surface area contributed by atoms with Crippen LogP contribution in [0.3, 0.4) is 0 Å². The van der Waals surface area contributed by atoms with Gasteiger partial charge in [0.1, 0.15) is 0 Å². The molecule has 0 saturated carbocycles. The van der Waals surface area contributed by atoms with Crippen LogP contribution in [0.15, 0.2) is 46.3 Å². The second kappa shape index (κ2) is 9.12. The Morgan fingerprint density at radius 2 is 1.53 bits per heavy atom. The minimum absolute atomic E-state index is 0.0141. The normalized spacial score (nSPS) is 16.9. The number of carbonyl (C=O) groups is 2. The fourth-order valence-electron chi connectivity index (χ4n) is 4.21. The molecule has 5 rings (SSSR count). The summed E-state index contributed by atoms with van der Waals surface area (Å²) in [4.78, 5) is 36.2. The molecule has 2 aliphatic heterocycles. The molecule has 0 spiro atoms. The van der Waals surface area contributed by atoms with Crippen molar-refractivity contribution in [3.63, 3.8) is 0 Å². The van der Waals surface area contributed by atoms with Gasteiger partial charge in [-0.2, -0.15) is 4.98 Å². The van der Waals surface area contributed by atoms with Gasteiger partial charge in [-0.15, -0.1) is 11.3 Å². The van der Waals surface area contributed by atoms with E-state index < -0.39 is 0 Å². The highest BCUT2D eigenvalue weighted by molar-refractivity contribution is 7.12. The average Bonchev–Trinajstić information content (AvgIpc) is 3.57. The molecule has 0 radical (unpaired) electrons.